The first-order chi connectivity index (χ1) is 7.95. The largest absolute Gasteiger partial charge is 0.116 e. The van der Waals surface area contributed by atoms with E-state index in [1.807, 2.05) is 0 Å². The zero-order valence-electron chi connectivity index (χ0n) is 10.8. The summed E-state index contributed by atoms with van der Waals surface area (Å²) in [6.07, 6.45) is 19.9. The van der Waals surface area contributed by atoms with E-state index in [0.717, 1.165) is 5.66 Å². The number of hydrogen-bond acceptors (Lipinski definition) is 0. The first kappa shape index (κ1) is 12.9. The number of rotatable bonds is 2. The molecular weight excluding hydrogens is 211 g/mol. The molecule has 1 atom stereocenters. The smallest absolute Gasteiger partial charge is 0.0234 e. The third kappa shape index (κ3) is 5.67. The lowest BCUT2D eigenvalue weighted by Gasteiger charge is -2.17. The van der Waals surface area contributed by atoms with Crippen LogP contribution in [0.2, 0.25) is 0 Å². The summed E-state index contributed by atoms with van der Waals surface area (Å²) in [6, 6.07) is 0. The molecule has 1 unspecified atom stereocenters. The van der Waals surface area contributed by atoms with Crippen molar-refractivity contribution >= 4 is 8.58 Å². The normalized spacial score (nSPS) is 27.8. The van der Waals surface area contributed by atoms with E-state index in [1.54, 1.807) is 25.7 Å². The lowest BCUT2D eigenvalue weighted by atomic mass is 10.0. The van der Waals surface area contributed by atoms with Crippen LogP contribution in [0.3, 0.4) is 0 Å². The van der Waals surface area contributed by atoms with Gasteiger partial charge in [0.15, 0.2) is 0 Å². The number of hydrogen-bond donors (Lipinski definition) is 0. The van der Waals surface area contributed by atoms with Crippen molar-refractivity contribution in [3.05, 3.63) is 0 Å². The van der Waals surface area contributed by atoms with Gasteiger partial charge in [0, 0.05) is 0 Å². The van der Waals surface area contributed by atoms with E-state index in [1.165, 1.54) is 72.0 Å². The Morgan fingerprint density at radius 1 is 0.438 bits per heavy atom. The highest BCUT2D eigenvalue weighted by molar-refractivity contribution is 7.40. The molecule has 0 aromatic carbocycles. The molecule has 0 amide bonds. The highest BCUT2D eigenvalue weighted by atomic mass is 31.1. The van der Waals surface area contributed by atoms with Crippen molar-refractivity contribution in [3.63, 3.8) is 0 Å². The summed E-state index contributed by atoms with van der Waals surface area (Å²) in [5, 5.41) is 0. The predicted octanol–water partition coefficient (Wildman–Crippen LogP) is 5.50. The van der Waals surface area contributed by atoms with Crippen molar-refractivity contribution in [3.8, 4) is 0 Å². The van der Waals surface area contributed by atoms with Crippen LogP contribution in [0.1, 0.15) is 83.5 Å². The predicted molar refractivity (Wildman–Crippen MR) is 75.9 cm³/mol. The van der Waals surface area contributed by atoms with Crippen LogP contribution in [-0.4, -0.2) is 11.3 Å². The second kappa shape index (κ2) is 7.70. The van der Waals surface area contributed by atoms with Crippen LogP contribution in [-0.2, 0) is 0 Å². The standard InChI is InChI=1S/C15H29P/c1-2-4-6-8-10-14(16-15-12-13-15)11-9-7-5-3-1/h14-16H,1-13H2. The molecule has 0 aromatic rings. The second-order valence-electron chi connectivity index (χ2n) is 5.90. The maximum absolute atomic E-state index is 1.56. The monoisotopic (exact) mass is 240 g/mol. The average Bonchev–Trinajstić information content (AvgIpc) is 3.06. The third-order valence-corrected chi connectivity index (χ3v) is 6.25. The molecule has 0 saturated heterocycles. The molecule has 2 rings (SSSR count). The van der Waals surface area contributed by atoms with Crippen molar-refractivity contribution in [1.82, 2.24) is 0 Å². The molecule has 0 heterocycles. The molecule has 2 saturated carbocycles. The zero-order valence-corrected chi connectivity index (χ0v) is 11.8. The Labute approximate surface area is 104 Å². The van der Waals surface area contributed by atoms with Crippen LogP contribution in [0.4, 0.5) is 0 Å². The van der Waals surface area contributed by atoms with Gasteiger partial charge < -0.3 is 0 Å². The highest BCUT2D eigenvalue weighted by Crippen LogP contribution is 2.45. The summed E-state index contributed by atoms with van der Waals surface area (Å²) in [7, 11) is 1.33. The molecule has 0 radical (unpaired) electrons. The van der Waals surface area contributed by atoms with Gasteiger partial charge in [-0.1, -0.05) is 57.8 Å². The molecular formula is C15H29P. The van der Waals surface area contributed by atoms with Crippen LogP contribution in [0.25, 0.3) is 0 Å². The quantitative estimate of drug-likeness (QED) is 0.559. The lowest BCUT2D eigenvalue weighted by molar-refractivity contribution is 0.508. The van der Waals surface area contributed by atoms with Gasteiger partial charge in [0.2, 0.25) is 0 Å². The summed E-state index contributed by atoms with van der Waals surface area (Å²) < 4.78 is 0. The Bertz CT molecular complexity index is 162. The van der Waals surface area contributed by atoms with Crippen LogP contribution >= 0.6 is 8.58 Å². The van der Waals surface area contributed by atoms with E-state index in [0.29, 0.717) is 0 Å². The Morgan fingerprint density at radius 2 is 0.812 bits per heavy atom. The van der Waals surface area contributed by atoms with E-state index in [2.05, 4.69) is 0 Å². The summed E-state index contributed by atoms with van der Waals surface area (Å²) >= 11 is 0. The fourth-order valence-corrected chi connectivity index (χ4v) is 4.82. The molecule has 94 valence electrons. The zero-order chi connectivity index (χ0) is 11.1. The van der Waals surface area contributed by atoms with Gasteiger partial charge in [-0.2, -0.15) is 0 Å². The molecule has 0 aliphatic heterocycles. The Balaban J connectivity index is 1.66. The second-order valence-corrected chi connectivity index (χ2v) is 7.86. The molecule has 0 aromatic heterocycles. The topological polar surface area (TPSA) is 0 Å². The summed E-state index contributed by atoms with van der Waals surface area (Å²) in [4.78, 5) is 0. The van der Waals surface area contributed by atoms with E-state index < -0.39 is 0 Å². The van der Waals surface area contributed by atoms with Crippen LogP contribution in [0.15, 0.2) is 0 Å². The summed E-state index contributed by atoms with van der Waals surface area (Å²) in [6.45, 7) is 0. The van der Waals surface area contributed by atoms with Gasteiger partial charge in [-0.15, -0.1) is 8.58 Å². The first-order valence-electron chi connectivity index (χ1n) is 7.71. The van der Waals surface area contributed by atoms with Gasteiger partial charge in [0.1, 0.15) is 0 Å². The van der Waals surface area contributed by atoms with Crippen molar-refractivity contribution < 1.29 is 0 Å². The first-order valence-corrected chi connectivity index (χ1v) is 8.87. The molecule has 0 bridgehead atoms. The van der Waals surface area contributed by atoms with E-state index >= 15 is 0 Å². The van der Waals surface area contributed by atoms with Gasteiger partial charge in [-0.05, 0) is 37.0 Å². The summed E-state index contributed by atoms with van der Waals surface area (Å²) in [5.74, 6) is 0. The SMILES string of the molecule is C1CCCCCC(PC2CC2)CCCCC1. The van der Waals surface area contributed by atoms with Gasteiger partial charge in [0.05, 0.1) is 0 Å². The highest BCUT2D eigenvalue weighted by Gasteiger charge is 2.24. The molecule has 0 nitrogen and oxygen atoms in total. The third-order valence-electron chi connectivity index (χ3n) is 4.15. The van der Waals surface area contributed by atoms with Crippen LogP contribution in [0, 0.1) is 0 Å². The molecule has 1 heteroatoms. The van der Waals surface area contributed by atoms with Crippen LogP contribution in [0.5, 0.6) is 0 Å². The fraction of sp³-hybridized carbons (Fsp3) is 1.00. The molecule has 16 heavy (non-hydrogen) atoms. The molecule has 2 aliphatic rings. The lowest BCUT2D eigenvalue weighted by Crippen LogP contribution is -2.03. The maximum Gasteiger partial charge on any atom is -0.0234 e. The van der Waals surface area contributed by atoms with Crippen molar-refractivity contribution in [1.29, 1.82) is 0 Å². The van der Waals surface area contributed by atoms with Gasteiger partial charge >= 0.3 is 0 Å². The Morgan fingerprint density at radius 3 is 1.25 bits per heavy atom. The van der Waals surface area contributed by atoms with Crippen molar-refractivity contribution in [2.75, 3.05) is 0 Å². The Hall–Kier alpha value is 0.430. The average molecular weight is 240 g/mol. The molecule has 0 spiro atoms. The van der Waals surface area contributed by atoms with E-state index in [4.69, 9.17) is 0 Å². The van der Waals surface area contributed by atoms with Gasteiger partial charge in [0.25, 0.3) is 0 Å². The minimum Gasteiger partial charge on any atom is -0.116 e. The summed E-state index contributed by atoms with van der Waals surface area (Å²) in [5.41, 5.74) is 2.31. The van der Waals surface area contributed by atoms with E-state index in [-0.39, 0.29) is 0 Å². The molecule has 2 aliphatic carbocycles. The van der Waals surface area contributed by atoms with Crippen molar-refractivity contribution in [2.24, 2.45) is 0 Å². The van der Waals surface area contributed by atoms with Crippen LogP contribution < -0.4 is 0 Å². The van der Waals surface area contributed by atoms with Gasteiger partial charge in [-0.3, -0.25) is 0 Å². The molecule has 2 fully saturated rings. The Kier molecular flexibility index (Phi) is 6.19. The van der Waals surface area contributed by atoms with E-state index in [9.17, 15) is 0 Å². The maximum atomic E-state index is 1.56. The minimum atomic E-state index is 1.13. The molecule has 0 N–H and O–H groups in total. The van der Waals surface area contributed by atoms with Crippen molar-refractivity contribution in [2.45, 2.75) is 94.8 Å². The minimum absolute atomic E-state index is 1.13. The fourth-order valence-electron chi connectivity index (χ4n) is 2.91. The van der Waals surface area contributed by atoms with Gasteiger partial charge in [-0.25, -0.2) is 0 Å².